The van der Waals surface area contributed by atoms with Gasteiger partial charge in [-0.25, -0.2) is 4.31 Å². The molecule has 0 radical (unpaired) electrons. The van der Waals surface area contributed by atoms with E-state index in [2.05, 4.69) is 0 Å². The van der Waals surface area contributed by atoms with Crippen LogP contribution < -0.4 is 0 Å². The Balaban J connectivity index is 4.62. The van der Waals surface area contributed by atoms with Crippen molar-refractivity contribution in [2.45, 2.75) is 65.5 Å². The monoisotopic (exact) mass is 220 g/mol. The molecule has 1 unspecified atom stereocenters. The summed E-state index contributed by atoms with van der Waals surface area (Å²) in [5, 5.41) is 0. The summed E-state index contributed by atoms with van der Waals surface area (Å²) in [6, 6.07) is 0.330. The van der Waals surface area contributed by atoms with E-state index in [9.17, 15) is 8.76 Å². The summed E-state index contributed by atoms with van der Waals surface area (Å²) in [4.78, 5) is 0. The maximum Gasteiger partial charge on any atom is 0.0214 e. The molecule has 4 heteroatoms. The first kappa shape index (κ1) is 14.1. The predicted octanol–water partition coefficient (Wildman–Crippen LogP) is 2.46. The zero-order chi connectivity index (χ0) is 11.1. The van der Waals surface area contributed by atoms with Crippen molar-refractivity contribution in [1.29, 1.82) is 0 Å². The summed E-state index contributed by atoms with van der Waals surface area (Å²) in [6.45, 7) is 8.15. The number of rotatable bonds is 7. The van der Waals surface area contributed by atoms with Crippen LogP contribution in [0, 0.1) is 0 Å². The van der Waals surface area contributed by atoms with Crippen LogP contribution in [-0.4, -0.2) is 25.2 Å². The van der Waals surface area contributed by atoms with E-state index in [-0.39, 0.29) is 12.1 Å². The molecule has 0 fully saturated rings. The molecule has 86 valence electrons. The third-order valence-electron chi connectivity index (χ3n) is 2.78. The minimum Gasteiger partial charge on any atom is -0.760 e. The van der Waals surface area contributed by atoms with Crippen molar-refractivity contribution in [1.82, 2.24) is 4.31 Å². The molecule has 0 aliphatic carbocycles. The van der Waals surface area contributed by atoms with Gasteiger partial charge in [0.1, 0.15) is 0 Å². The molecular weight excluding hydrogens is 198 g/mol. The Morgan fingerprint density at radius 2 is 1.29 bits per heavy atom. The van der Waals surface area contributed by atoms with E-state index in [0.29, 0.717) is 0 Å². The fourth-order valence-corrected chi connectivity index (χ4v) is 2.92. The van der Waals surface area contributed by atoms with Crippen molar-refractivity contribution >= 4 is 11.3 Å². The van der Waals surface area contributed by atoms with Gasteiger partial charge in [0, 0.05) is 23.4 Å². The highest BCUT2D eigenvalue weighted by molar-refractivity contribution is 7.76. The lowest BCUT2D eigenvalue weighted by Crippen LogP contribution is -2.43. The van der Waals surface area contributed by atoms with Crippen LogP contribution in [0.4, 0.5) is 0 Å². The third kappa shape index (κ3) is 3.67. The van der Waals surface area contributed by atoms with Crippen molar-refractivity contribution in [3.05, 3.63) is 0 Å². The van der Waals surface area contributed by atoms with Crippen molar-refractivity contribution in [3.63, 3.8) is 0 Å². The Bertz CT molecular complexity index is 156. The summed E-state index contributed by atoms with van der Waals surface area (Å²) in [5.74, 6) is 0. The van der Waals surface area contributed by atoms with E-state index in [1.807, 2.05) is 27.7 Å². The molecule has 0 aromatic rings. The second-order valence-electron chi connectivity index (χ2n) is 3.52. The maximum absolute atomic E-state index is 11.1. The lowest BCUT2D eigenvalue weighted by Gasteiger charge is -2.37. The standard InChI is InChI=1S/C10H23NO2S/c1-5-9(6-2)11(14(12)13)10(7-3)8-4/h9-10H,5-8H2,1-4H3,(H,12,13)/p-1. The second kappa shape index (κ2) is 7.37. The van der Waals surface area contributed by atoms with Crippen LogP contribution in [0.25, 0.3) is 0 Å². The summed E-state index contributed by atoms with van der Waals surface area (Å²) in [5.41, 5.74) is 0. The molecule has 0 aromatic heterocycles. The summed E-state index contributed by atoms with van der Waals surface area (Å²) < 4.78 is 23.9. The minimum atomic E-state index is -2.08. The van der Waals surface area contributed by atoms with Crippen LogP contribution in [0.15, 0.2) is 0 Å². The molecule has 0 spiro atoms. The van der Waals surface area contributed by atoms with Crippen LogP contribution >= 0.6 is 0 Å². The van der Waals surface area contributed by atoms with Gasteiger partial charge < -0.3 is 4.55 Å². The fraction of sp³-hybridized carbons (Fsp3) is 1.00. The molecule has 0 bridgehead atoms. The average molecular weight is 220 g/mol. The molecule has 0 saturated heterocycles. The largest absolute Gasteiger partial charge is 0.760 e. The quantitative estimate of drug-likeness (QED) is 0.619. The molecule has 0 amide bonds. The van der Waals surface area contributed by atoms with Gasteiger partial charge >= 0.3 is 0 Å². The maximum atomic E-state index is 11.1. The van der Waals surface area contributed by atoms with Crippen LogP contribution in [0.5, 0.6) is 0 Å². The van der Waals surface area contributed by atoms with E-state index < -0.39 is 11.3 Å². The zero-order valence-corrected chi connectivity index (χ0v) is 10.5. The normalized spacial score (nSPS) is 14.3. The summed E-state index contributed by atoms with van der Waals surface area (Å²) in [7, 11) is 0. The molecule has 0 rings (SSSR count). The molecule has 14 heavy (non-hydrogen) atoms. The topological polar surface area (TPSA) is 43.4 Å². The Hall–Kier alpha value is 0.0700. The number of hydrogen-bond acceptors (Lipinski definition) is 2. The van der Waals surface area contributed by atoms with E-state index in [4.69, 9.17) is 0 Å². The molecule has 0 saturated carbocycles. The van der Waals surface area contributed by atoms with Crippen LogP contribution in [-0.2, 0) is 11.3 Å². The SMILES string of the molecule is CCC(CC)N(C(CC)CC)S(=O)[O-]. The molecule has 0 heterocycles. The first-order chi connectivity index (χ1) is 6.62. The van der Waals surface area contributed by atoms with Gasteiger partial charge in [-0.05, 0) is 25.7 Å². The van der Waals surface area contributed by atoms with Crippen molar-refractivity contribution in [3.8, 4) is 0 Å². The van der Waals surface area contributed by atoms with E-state index in [1.165, 1.54) is 0 Å². The molecule has 1 atom stereocenters. The van der Waals surface area contributed by atoms with Crippen LogP contribution in [0.3, 0.4) is 0 Å². The Kier molecular flexibility index (Phi) is 7.41. The zero-order valence-electron chi connectivity index (χ0n) is 9.66. The van der Waals surface area contributed by atoms with Gasteiger partial charge in [-0.1, -0.05) is 27.7 Å². The summed E-state index contributed by atoms with van der Waals surface area (Å²) >= 11 is -2.08. The van der Waals surface area contributed by atoms with Crippen molar-refractivity contribution in [2.24, 2.45) is 0 Å². The Labute approximate surface area is 90.3 Å². The van der Waals surface area contributed by atoms with Gasteiger partial charge in [0.15, 0.2) is 0 Å². The number of nitrogens with zero attached hydrogens (tertiary/aromatic N) is 1. The Morgan fingerprint density at radius 1 is 1.00 bits per heavy atom. The molecule has 0 aliphatic heterocycles. The van der Waals surface area contributed by atoms with E-state index >= 15 is 0 Å². The summed E-state index contributed by atoms with van der Waals surface area (Å²) in [6.07, 6.45) is 3.56. The highest BCUT2D eigenvalue weighted by Gasteiger charge is 2.22. The minimum absolute atomic E-state index is 0.165. The molecule has 0 aromatic carbocycles. The molecule has 3 nitrogen and oxygen atoms in total. The number of hydrogen-bond donors (Lipinski definition) is 0. The molecular formula is C10H22NO2S-. The van der Waals surface area contributed by atoms with Gasteiger partial charge in [-0.3, -0.25) is 4.21 Å². The highest BCUT2D eigenvalue weighted by Crippen LogP contribution is 2.18. The smallest absolute Gasteiger partial charge is 0.0214 e. The van der Waals surface area contributed by atoms with E-state index in [1.54, 1.807) is 4.31 Å². The van der Waals surface area contributed by atoms with Gasteiger partial charge in [-0.15, -0.1) is 0 Å². The second-order valence-corrected chi connectivity index (χ2v) is 4.37. The first-order valence-electron chi connectivity index (χ1n) is 5.49. The highest BCUT2D eigenvalue weighted by atomic mass is 32.2. The van der Waals surface area contributed by atoms with Crippen molar-refractivity contribution in [2.75, 3.05) is 0 Å². The lowest BCUT2D eigenvalue weighted by molar-refractivity contribution is 0.219. The molecule has 0 N–H and O–H groups in total. The van der Waals surface area contributed by atoms with Crippen LogP contribution in [0.1, 0.15) is 53.4 Å². The predicted molar refractivity (Wildman–Crippen MR) is 59.5 cm³/mol. The van der Waals surface area contributed by atoms with Gasteiger partial charge in [0.25, 0.3) is 0 Å². The molecule has 0 aliphatic rings. The average Bonchev–Trinajstić information content (AvgIpc) is 2.18. The van der Waals surface area contributed by atoms with Crippen LogP contribution in [0.2, 0.25) is 0 Å². The van der Waals surface area contributed by atoms with E-state index in [0.717, 1.165) is 25.7 Å². The lowest BCUT2D eigenvalue weighted by atomic mass is 10.1. The first-order valence-corrected chi connectivity index (χ1v) is 6.53. The van der Waals surface area contributed by atoms with Crippen molar-refractivity contribution < 1.29 is 8.76 Å². The van der Waals surface area contributed by atoms with Gasteiger partial charge in [0.05, 0.1) is 0 Å². The van der Waals surface area contributed by atoms with Gasteiger partial charge in [0.2, 0.25) is 0 Å². The fourth-order valence-electron chi connectivity index (χ4n) is 1.84. The Morgan fingerprint density at radius 3 is 1.43 bits per heavy atom. The van der Waals surface area contributed by atoms with Gasteiger partial charge in [-0.2, -0.15) is 0 Å². The third-order valence-corrected chi connectivity index (χ3v) is 3.72.